The maximum absolute atomic E-state index is 11.7. The fourth-order valence-electron chi connectivity index (χ4n) is 2.02. The summed E-state index contributed by atoms with van der Waals surface area (Å²) >= 11 is 0. The molecular weight excluding hydrogens is 204 g/mol. The average Bonchev–Trinajstić information content (AvgIpc) is 2.37. The van der Waals surface area contributed by atoms with Gasteiger partial charge in [0.25, 0.3) is 0 Å². The van der Waals surface area contributed by atoms with E-state index in [2.05, 4.69) is 10.2 Å². The molecule has 4 nitrogen and oxygen atoms in total. The maximum Gasteiger partial charge on any atom is 0.229 e. The van der Waals surface area contributed by atoms with Crippen molar-refractivity contribution in [3.63, 3.8) is 0 Å². The Balaban J connectivity index is 2.51. The van der Waals surface area contributed by atoms with Crippen molar-refractivity contribution in [3.05, 3.63) is 18.2 Å². The van der Waals surface area contributed by atoms with E-state index >= 15 is 0 Å². The van der Waals surface area contributed by atoms with Crippen LogP contribution in [-0.4, -0.2) is 26.6 Å². The van der Waals surface area contributed by atoms with Gasteiger partial charge in [-0.1, -0.05) is 13.0 Å². The Morgan fingerprint density at radius 1 is 1.50 bits per heavy atom. The molecule has 0 bridgehead atoms. The van der Waals surface area contributed by atoms with Crippen molar-refractivity contribution < 1.29 is 9.53 Å². The highest BCUT2D eigenvalue weighted by molar-refractivity contribution is 5.98. The number of carbonyl (C=O) groups excluding carboxylic acids is 1. The summed E-state index contributed by atoms with van der Waals surface area (Å²) in [6.07, 6.45) is 0. The lowest BCUT2D eigenvalue weighted by Crippen LogP contribution is -2.27. The molecule has 1 amide bonds. The summed E-state index contributed by atoms with van der Waals surface area (Å²) in [5.74, 6) is 0.815. The van der Waals surface area contributed by atoms with E-state index in [1.807, 2.05) is 32.2 Å². The van der Waals surface area contributed by atoms with Gasteiger partial charge in [-0.2, -0.15) is 0 Å². The molecule has 0 spiro atoms. The van der Waals surface area contributed by atoms with Crippen LogP contribution in [0.25, 0.3) is 0 Å². The first-order valence-electron chi connectivity index (χ1n) is 5.32. The first kappa shape index (κ1) is 10.8. The van der Waals surface area contributed by atoms with E-state index in [9.17, 15) is 4.79 Å². The first-order valence-corrected chi connectivity index (χ1v) is 5.32. The van der Waals surface area contributed by atoms with E-state index < -0.39 is 0 Å². The molecule has 4 heteroatoms. The van der Waals surface area contributed by atoms with E-state index in [1.54, 1.807) is 7.11 Å². The Morgan fingerprint density at radius 3 is 2.94 bits per heavy atom. The summed E-state index contributed by atoms with van der Waals surface area (Å²) in [7, 11) is 3.61. The molecule has 1 N–H and O–H groups in total. The van der Waals surface area contributed by atoms with E-state index in [4.69, 9.17) is 4.74 Å². The molecule has 0 aliphatic carbocycles. The van der Waals surface area contributed by atoms with Crippen LogP contribution < -0.4 is 15.0 Å². The number of carbonyl (C=O) groups is 1. The number of nitrogens with one attached hydrogen (secondary N) is 1. The zero-order chi connectivity index (χ0) is 11.7. The number of nitrogens with zero attached hydrogens (tertiary/aromatic N) is 1. The second kappa shape index (κ2) is 4.04. The van der Waals surface area contributed by atoms with Crippen molar-refractivity contribution >= 4 is 17.3 Å². The van der Waals surface area contributed by atoms with Crippen LogP contribution >= 0.6 is 0 Å². The molecular formula is C12H16N2O2. The molecule has 1 aliphatic heterocycles. The molecule has 2 rings (SSSR count). The number of amides is 1. The van der Waals surface area contributed by atoms with Crippen LogP contribution in [0.4, 0.5) is 11.4 Å². The summed E-state index contributed by atoms with van der Waals surface area (Å²) in [6, 6.07) is 5.67. The highest BCUT2D eigenvalue weighted by atomic mass is 16.5. The van der Waals surface area contributed by atoms with Crippen molar-refractivity contribution in [3.8, 4) is 5.75 Å². The number of benzene rings is 1. The summed E-state index contributed by atoms with van der Waals surface area (Å²) in [6.45, 7) is 2.61. The second-order valence-electron chi connectivity index (χ2n) is 4.13. The van der Waals surface area contributed by atoms with Gasteiger partial charge in [0.1, 0.15) is 11.4 Å². The minimum Gasteiger partial charge on any atom is -0.495 e. The highest BCUT2D eigenvalue weighted by Crippen LogP contribution is 2.37. The smallest absolute Gasteiger partial charge is 0.229 e. The number of fused-ring (bicyclic) bond motifs is 1. The van der Waals surface area contributed by atoms with E-state index in [0.29, 0.717) is 6.54 Å². The number of para-hydroxylation sites is 1. The third-order valence-electron chi connectivity index (χ3n) is 2.85. The van der Waals surface area contributed by atoms with Crippen LogP contribution in [0.2, 0.25) is 0 Å². The molecule has 0 saturated heterocycles. The van der Waals surface area contributed by atoms with Gasteiger partial charge in [0, 0.05) is 13.6 Å². The lowest BCUT2D eigenvalue weighted by Gasteiger charge is -2.22. The van der Waals surface area contributed by atoms with Gasteiger partial charge in [-0.25, -0.2) is 0 Å². The molecule has 16 heavy (non-hydrogen) atoms. The third-order valence-corrected chi connectivity index (χ3v) is 2.85. The van der Waals surface area contributed by atoms with Gasteiger partial charge >= 0.3 is 0 Å². The quantitative estimate of drug-likeness (QED) is 0.783. The predicted octanol–water partition coefficient (Wildman–Crippen LogP) is 1.72. The Kier molecular flexibility index (Phi) is 2.73. The Labute approximate surface area is 95.2 Å². The standard InChI is InChI=1S/C12H16N2O2/c1-8-7-14(2)11-9(13-12(8)15)5-4-6-10(11)16-3/h4-6,8H,7H2,1-3H3,(H,13,15). The summed E-state index contributed by atoms with van der Waals surface area (Å²) in [4.78, 5) is 13.8. The van der Waals surface area contributed by atoms with Crippen LogP contribution in [0, 0.1) is 5.92 Å². The average molecular weight is 220 g/mol. The van der Waals surface area contributed by atoms with Crippen molar-refractivity contribution in [1.29, 1.82) is 0 Å². The molecule has 1 unspecified atom stereocenters. The molecule has 0 radical (unpaired) electrons. The molecule has 0 saturated carbocycles. The highest BCUT2D eigenvalue weighted by Gasteiger charge is 2.24. The van der Waals surface area contributed by atoms with Crippen LogP contribution in [0.1, 0.15) is 6.92 Å². The number of rotatable bonds is 1. The van der Waals surface area contributed by atoms with Crippen molar-refractivity contribution in [1.82, 2.24) is 0 Å². The van der Waals surface area contributed by atoms with Gasteiger partial charge in [0.15, 0.2) is 0 Å². The Bertz CT molecular complexity index is 417. The lowest BCUT2D eigenvalue weighted by atomic mass is 10.1. The number of ether oxygens (including phenoxy) is 1. The van der Waals surface area contributed by atoms with Crippen LogP contribution in [-0.2, 0) is 4.79 Å². The summed E-state index contributed by atoms with van der Waals surface area (Å²) in [5, 5.41) is 2.92. The molecule has 0 fully saturated rings. The first-order chi connectivity index (χ1) is 7.63. The lowest BCUT2D eigenvalue weighted by molar-refractivity contribution is -0.119. The van der Waals surface area contributed by atoms with E-state index in [1.165, 1.54) is 0 Å². The number of hydrogen-bond acceptors (Lipinski definition) is 3. The number of hydrogen-bond donors (Lipinski definition) is 1. The second-order valence-corrected chi connectivity index (χ2v) is 4.13. The number of anilines is 2. The zero-order valence-corrected chi connectivity index (χ0v) is 9.78. The topological polar surface area (TPSA) is 41.6 Å². The van der Waals surface area contributed by atoms with Gasteiger partial charge in [-0.15, -0.1) is 0 Å². The van der Waals surface area contributed by atoms with Crippen molar-refractivity contribution in [2.75, 3.05) is 30.9 Å². The van der Waals surface area contributed by atoms with E-state index in [0.717, 1.165) is 17.1 Å². The van der Waals surface area contributed by atoms with Gasteiger partial charge in [0.05, 0.1) is 18.7 Å². The fourth-order valence-corrected chi connectivity index (χ4v) is 2.02. The normalized spacial score (nSPS) is 19.8. The predicted molar refractivity (Wildman–Crippen MR) is 64.1 cm³/mol. The van der Waals surface area contributed by atoms with Gasteiger partial charge in [0.2, 0.25) is 5.91 Å². The number of methoxy groups -OCH3 is 1. The minimum atomic E-state index is -0.0258. The van der Waals surface area contributed by atoms with Crippen LogP contribution in [0.5, 0.6) is 5.75 Å². The van der Waals surface area contributed by atoms with Gasteiger partial charge in [-0.3, -0.25) is 4.79 Å². The zero-order valence-electron chi connectivity index (χ0n) is 9.78. The molecule has 1 heterocycles. The molecule has 0 aromatic heterocycles. The van der Waals surface area contributed by atoms with Crippen LogP contribution in [0.15, 0.2) is 18.2 Å². The molecule has 1 aromatic rings. The molecule has 1 atom stereocenters. The SMILES string of the molecule is COc1cccc2c1N(C)CC(C)C(=O)N2. The summed E-state index contributed by atoms with van der Waals surface area (Å²) < 4.78 is 5.32. The van der Waals surface area contributed by atoms with E-state index in [-0.39, 0.29) is 11.8 Å². The minimum absolute atomic E-state index is 0.0258. The van der Waals surface area contributed by atoms with Gasteiger partial charge in [-0.05, 0) is 12.1 Å². The van der Waals surface area contributed by atoms with Gasteiger partial charge < -0.3 is 15.0 Å². The Hall–Kier alpha value is -1.71. The Morgan fingerprint density at radius 2 is 2.25 bits per heavy atom. The third kappa shape index (κ3) is 1.71. The fraction of sp³-hybridized carbons (Fsp3) is 0.417. The van der Waals surface area contributed by atoms with Crippen molar-refractivity contribution in [2.24, 2.45) is 5.92 Å². The molecule has 1 aliphatic rings. The largest absolute Gasteiger partial charge is 0.495 e. The molecule has 1 aromatic carbocycles. The molecule has 86 valence electrons. The monoisotopic (exact) mass is 220 g/mol. The van der Waals surface area contributed by atoms with Crippen LogP contribution in [0.3, 0.4) is 0 Å². The summed E-state index contributed by atoms with van der Waals surface area (Å²) in [5.41, 5.74) is 1.76. The maximum atomic E-state index is 11.7. The van der Waals surface area contributed by atoms with Crippen molar-refractivity contribution in [2.45, 2.75) is 6.92 Å².